The van der Waals surface area contributed by atoms with Gasteiger partial charge in [0.2, 0.25) is 10.0 Å². The Morgan fingerprint density at radius 3 is 2.18 bits per heavy atom. The average molecular weight is 410 g/mol. The van der Waals surface area contributed by atoms with Crippen LogP contribution >= 0.6 is 11.7 Å². The Morgan fingerprint density at radius 2 is 1.46 bits per heavy atom. The fraction of sp³-hybridized carbons (Fsp3) is 0.143. The van der Waals surface area contributed by atoms with Crippen molar-refractivity contribution in [1.82, 2.24) is 13.1 Å². The molecule has 0 atom stereocenters. The van der Waals surface area contributed by atoms with Gasteiger partial charge >= 0.3 is 0 Å². The molecule has 0 aliphatic heterocycles. The number of benzene rings is 3. The molecule has 0 spiro atoms. The molecule has 3 aromatic carbocycles. The summed E-state index contributed by atoms with van der Waals surface area (Å²) in [4.78, 5) is 0.211. The molecule has 0 fully saturated rings. The zero-order valence-corrected chi connectivity index (χ0v) is 16.7. The minimum absolute atomic E-state index is 0.211. The van der Waals surface area contributed by atoms with Crippen molar-refractivity contribution in [2.45, 2.75) is 17.9 Å². The quantitative estimate of drug-likeness (QED) is 0.460. The van der Waals surface area contributed by atoms with E-state index < -0.39 is 10.0 Å². The Balaban J connectivity index is 1.69. The third-order valence-electron chi connectivity index (χ3n) is 4.56. The van der Waals surface area contributed by atoms with Crippen LogP contribution in [0.5, 0.6) is 0 Å². The van der Waals surface area contributed by atoms with Crippen LogP contribution in [0.3, 0.4) is 0 Å². The summed E-state index contributed by atoms with van der Waals surface area (Å²) in [5.41, 5.74) is 3.09. The van der Waals surface area contributed by atoms with Gasteiger partial charge in [0.1, 0.15) is 15.9 Å². The van der Waals surface area contributed by atoms with Crippen LogP contribution in [0, 0.1) is 0 Å². The number of hydrogen-bond acceptors (Lipinski definition) is 5. The predicted molar refractivity (Wildman–Crippen MR) is 112 cm³/mol. The van der Waals surface area contributed by atoms with Crippen molar-refractivity contribution in [2.75, 3.05) is 6.54 Å². The van der Waals surface area contributed by atoms with Gasteiger partial charge in [-0.2, -0.15) is 13.1 Å². The van der Waals surface area contributed by atoms with E-state index >= 15 is 0 Å². The zero-order valence-electron chi connectivity index (χ0n) is 15.1. The standard InChI is InChI=1S/C21H19N3O2S2/c25-28(26,20-13-7-12-19-21(20)23-27-22-19)24(16-18-10-5-2-6-11-18)15-14-17-8-3-1-4-9-17/h1-13H,14-16H2. The molecule has 5 nitrogen and oxygen atoms in total. The van der Waals surface area contributed by atoms with E-state index in [-0.39, 0.29) is 4.90 Å². The molecular formula is C21H19N3O2S2. The number of hydrogen-bond donors (Lipinski definition) is 0. The molecule has 0 aliphatic rings. The van der Waals surface area contributed by atoms with E-state index in [1.807, 2.05) is 60.7 Å². The van der Waals surface area contributed by atoms with Crippen LogP contribution in [0.25, 0.3) is 11.0 Å². The van der Waals surface area contributed by atoms with Crippen LogP contribution in [0.2, 0.25) is 0 Å². The van der Waals surface area contributed by atoms with Crippen LogP contribution in [-0.4, -0.2) is 28.0 Å². The predicted octanol–water partition coefficient (Wildman–Crippen LogP) is 4.12. The molecule has 0 saturated carbocycles. The van der Waals surface area contributed by atoms with Crippen LogP contribution in [0.1, 0.15) is 11.1 Å². The second-order valence-corrected chi connectivity index (χ2v) is 8.88. The van der Waals surface area contributed by atoms with Crippen LogP contribution in [-0.2, 0) is 23.0 Å². The lowest BCUT2D eigenvalue weighted by molar-refractivity contribution is 0.410. The number of nitrogens with zero attached hydrogens (tertiary/aromatic N) is 3. The number of sulfonamides is 1. The van der Waals surface area contributed by atoms with E-state index in [0.717, 1.165) is 22.9 Å². The van der Waals surface area contributed by atoms with Gasteiger partial charge in [-0.1, -0.05) is 66.7 Å². The number of aromatic nitrogens is 2. The first-order chi connectivity index (χ1) is 13.6. The smallest absolute Gasteiger partial charge is 0.207 e. The molecule has 0 aliphatic carbocycles. The molecule has 0 bridgehead atoms. The molecule has 7 heteroatoms. The summed E-state index contributed by atoms with van der Waals surface area (Å²) < 4.78 is 37.0. The van der Waals surface area contributed by atoms with E-state index in [1.165, 1.54) is 4.31 Å². The highest BCUT2D eigenvalue weighted by molar-refractivity contribution is 7.89. The highest BCUT2D eigenvalue weighted by atomic mass is 32.2. The third kappa shape index (κ3) is 3.96. The number of rotatable bonds is 7. The fourth-order valence-corrected chi connectivity index (χ4v) is 5.28. The Morgan fingerprint density at radius 1 is 0.786 bits per heavy atom. The second-order valence-electron chi connectivity index (χ2n) is 6.45. The summed E-state index contributed by atoms with van der Waals surface area (Å²) in [6.07, 6.45) is 0.637. The highest BCUT2D eigenvalue weighted by Gasteiger charge is 2.27. The lowest BCUT2D eigenvalue weighted by Gasteiger charge is -2.22. The zero-order chi connectivity index (χ0) is 19.4. The second kappa shape index (κ2) is 8.18. The average Bonchev–Trinajstić information content (AvgIpc) is 3.21. The summed E-state index contributed by atoms with van der Waals surface area (Å²) in [5, 5.41) is 0. The molecule has 4 aromatic rings. The van der Waals surface area contributed by atoms with Crippen molar-refractivity contribution >= 4 is 32.8 Å². The van der Waals surface area contributed by atoms with Gasteiger partial charge < -0.3 is 0 Å². The number of fused-ring (bicyclic) bond motifs is 1. The molecule has 0 amide bonds. The summed E-state index contributed by atoms with van der Waals surface area (Å²) in [6, 6.07) is 24.7. The van der Waals surface area contributed by atoms with E-state index in [2.05, 4.69) is 8.75 Å². The van der Waals surface area contributed by atoms with Crippen LogP contribution in [0.4, 0.5) is 0 Å². The summed E-state index contributed by atoms with van der Waals surface area (Å²) in [7, 11) is -3.73. The first-order valence-electron chi connectivity index (χ1n) is 8.94. The van der Waals surface area contributed by atoms with Gasteiger partial charge in [0.15, 0.2) is 0 Å². The maximum absolute atomic E-state index is 13.5. The van der Waals surface area contributed by atoms with E-state index in [0.29, 0.717) is 30.5 Å². The minimum Gasteiger partial charge on any atom is -0.207 e. The molecular weight excluding hydrogens is 390 g/mol. The fourth-order valence-electron chi connectivity index (χ4n) is 3.10. The molecule has 1 heterocycles. The van der Waals surface area contributed by atoms with Crippen LogP contribution < -0.4 is 0 Å². The molecule has 1 aromatic heterocycles. The van der Waals surface area contributed by atoms with Crippen LogP contribution in [0.15, 0.2) is 83.8 Å². The topological polar surface area (TPSA) is 63.2 Å². The van der Waals surface area contributed by atoms with Gasteiger partial charge in [0, 0.05) is 13.1 Å². The maximum atomic E-state index is 13.5. The van der Waals surface area contributed by atoms with Gasteiger partial charge in [-0.05, 0) is 29.7 Å². The molecule has 0 radical (unpaired) electrons. The Kier molecular flexibility index (Phi) is 5.47. The summed E-state index contributed by atoms with van der Waals surface area (Å²) in [5.74, 6) is 0. The first kappa shape index (κ1) is 18.7. The van der Waals surface area contributed by atoms with E-state index in [9.17, 15) is 8.42 Å². The maximum Gasteiger partial charge on any atom is 0.245 e. The van der Waals surface area contributed by atoms with Gasteiger partial charge in [-0.3, -0.25) is 0 Å². The summed E-state index contributed by atoms with van der Waals surface area (Å²) >= 11 is 1.03. The SMILES string of the molecule is O=S(=O)(c1cccc2nsnc12)N(CCc1ccccc1)Cc1ccccc1. The molecule has 4 rings (SSSR count). The lowest BCUT2D eigenvalue weighted by atomic mass is 10.1. The van der Waals surface area contributed by atoms with Crippen molar-refractivity contribution in [3.8, 4) is 0 Å². The van der Waals surface area contributed by atoms with Gasteiger partial charge in [-0.25, -0.2) is 8.42 Å². The minimum atomic E-state index is -3.73. The first-order valence-corrected chi connectivity index (χ1v) is 11.1. The lowest BCUT2D eigenvalue weighted by Crippen LogP contribution is -2.32. The van der Waals surface area contributed by atoms with Crippen molar-refractivity contribution in [2.24, 2.45) is 0 Å². The van der Waals surface area contributed by atoms with Crippen molar-refractivity contribution in [3.63, 3.8) is 0 Å². The molecule has 142 valence electrons. The third-order valence-corrected chi connectivity index (χ3v) is 6.98. The van der Waals surface area contributed by atoms with Gasteiger partial charge in [0.05, 0.1) is 11.7 Å². The van der Waals surface area contributed by atoms with Gasteiger partial charge in [0.25, 0.3) is 0 Å². The Labute approximate surface area is 168 Å². The molecule has 0 unspecified atom stereocenters. The Bertz CT molecular complexity index is 1160. The summed E-state index contributed by atoms with van der Waals surface area (Å²) in [6.45, 7) is 0.694. The highest BCUT2D eigenvalue weighted by Crippen LogP contribution is 2.26. The Hall–Kier alpha value is -2.61. The van der Waals surface area contributed by atoms with E-state index in [4.69, 9.17) is 0 Å². The van der Waals surface area contributed by atoms with Crippen molar-refractivity contribution < 1.29 is 8.42 Å². The van der Waals surface area contributed by atoms with E-state index in [1.54, 1.807) is 18.2 Å². The van der Waals surface area contributed by atoms with Gasteiger partial charge in [-0.15, -0.1) is 0 Å². The largest absolute Gasteiger partial charge is 0.245 e. The molecule has 0 N–H and O–H groups in total. The normalized spacial score (nSPS) is 11.9. The molecule has 28 heavy (non-hydrogen) atoms. The monoisotopic (exact) mass is 409 g/mol. The van der Waals surface area contributed by atoms with Crippen molar-refractivity contribution in [3.05, 3.63) is 90.0 Å². The van der Waals surface area contributed by atoms with Crippen molar-refractivity contribution in [1.29, 1.82) is 0 Å². The molecule has 0 saturated heterocycles.